The maximum Gasteiger partial charge on any atom is 0.323 e. The molecule has 0 amide bonds. The van der Waals surface area contributed by atoms with Crippen LogP contribution in [0.3, 0.4) is 0 Å². The first-order chi connectivity index (χ1) is 9.71. The second kappa shape index (κ2) is 7.34. The van der Waals surface area contributed by atoms with E-state index < -0.39 is 10.8 Å². The van der Waals surface area contributed by atoms with Gasteiger partial charge in [-0.25, -0.2) is 5.84 Å². The van der Waals surface area contributed by atoms with Crippen LogP contribution < -0.4 is 21.3 Å². The molecule has 0 bridgehead atoms. The lowest BCUT2D eigenvalue weighted by Gasteiger charge is -2.22. The lowest BCUT2D eigenvalue weighted by Crippen LogP contribution is -2.30. The minimum absolute atomic E-state index is 0.222. The molecule has 1 aromatic heterocycles. The number of rotatable bonds is 6. The minimum Gasteiger partial charge on any atom is -0.463 e. The first-order valence-electron chi connectivity index (χ1n) is 6.68. The number of hydrogen-bond donors (Lipinski definition) is 3. The highest BCUT2D eigenvalue weighted by molar-refractivity contribution is 7.85. The van der Waals surface area contributed by atoms with E-state index >= 15 is 0 Å². The highest BCUT2D eigenvalue weighted by Gasteiger charge is 2.19. The number of anilines is 2. The molecule has 0 saturated carbocycles. The Hall–Kier alpha value is -1.48. The molecule has 0 unspecified atom stereocenters. The summed E-state index contributed by atoms with van der Waals surface area (Å²) in [5.41, 5.74) is 2.40. The zero-order valence-electron chi connectivity index (χ0n) is 11.5. The Balaban J connectivity index is 2.03. The Morgan fingerprint density at radius 2 is 2.00 bits per heavy atom. The third-order valence-electron chi connectivity index (χ3n) is 2.90. The highest BCUT2D eigenvalue weighted by atomic mass is 32.2. The van der Waals surface area contributed by atoms with Gasteiger partial charge in [-0.2, -0.15) is 15.0 Å². The van der Waals surface area contributed by atoms with Crippen LogP contribution in [0.1, 0.15) is 26.2 Å². The molecule has 1 aliphatic rings. The van der Waals surface area contributed by atoms with Gasteiger partial charge in [-0.15, -0.1) is 0 Å². The Morgan fingerprint density at radius 3 is 2.65 bits per heavy atom. The van der Waals surface area contributed by atoms with Crippen molar-refractivity contribution in [3.8, 4) is 6.01 Å². The maximum absolute atomic E-state index is 11.3. The summed E-state index contributed by atoms with van der Waals surface area (Å²) in [7, 11) is -0.684. The summed E-state index contributed by atoms with van der Waals surface area (Å²) in [5.74, 6) is 7.45. The topological polar surface area (TPSA) is 115 Å². The molecule has 2 rings (SSSR count). The van der Waals surface area contributed by atoms with Crippen LogP contribution in [0.4, 0.5) is 11.9 Å². The number of ether oxygens (including phenoxy) is 1. The standard InChI is InChI=1S/C11H20N6O2S/c1-2-5-19-11-15-9(14-10(16-11)17-12)13-8-3-6-20(18)7-4-8/h8H,2-7,12H2,1H3,(H2,13,14,15,16,17). The SMILES string of the molecule is CCCOc1nc(NN)nc(NC2CCS(=O)CC2)n1. The number of hydrogen-bond acceptors (Lipinski definition) is 8. The highest BCUT2D eigenvalue weighted by Crippen LogP contribution is 2.16. The number of nitrogens with zero attached hydrogens (tertiary/aromatic N) is 3. The molecule has 112 valence electrons. The maximum atomic E-state index is 11.3. The van der Waals surface area contributed by atoms with E-state index in [1.807, 2.05) is 6.92 Å². The van der Waals surface area contributed by atoms with Crippen molar-refractivity contribution in [1.82, 2.24) is 15.0 Å². The van der Waals surface area contributed by atoms with Gasteiger partial charge in [0.2, 0.25) is 11.9 Å². The van der Waals surface area contributed by atoms with E-state index in [1.54, 1.807) is 0 Å². The monoisotopic (exact) mass is 300 g/mol. The normalized spacial score (nSPS) is 22.3. The van der Waals surface area contributed by atoms with Crippen molar-refractivity contribution in [3.63, 3.8) is 0 Å². The van der Waals surface area contributed by atoms with Crippen molar-refractivity contribution in [2.45, 2.75) is 32.2 Å². The summed E-state index contributed by atoms with van der Waals surface area (Å²) in [5, 5.41) is 3.22. The van der Waals surface area contributed by atoms with E-state index in [9.17, 15) is 4.21 Å². The Labute approximate surface area is 120 Å². The molecule has 1 saturated heterocycles. The lowest BCUT2D eigenvalue weighted by atomic mass is 10.2. The summed E-state index contributed by atoms with van der Waals surface area (Å²) >= 11 is 0. The third kappa shape index (κ3) is 4.27. The molecule has 0 spiro atoms. The molecule has 8 nitrogen and oxygen atoms in total. The van der Waals surface area contributed by atoms with Gasteiger partial charge in [-0.05, 0) is 19.3 Å². The fourth-order valence-electron chi connectivity index (χ4n) is 1.86. The van der Waals surface area contributed by atoms with Gasteiger partial charge in [0.05, 0.1) is 6.61 Å². The van der Waals surface area contributed by atoms with Crippen LogP contribution in [0.5, 0.6) is 6.01 Å². The first-order valence-corrected chi connectivity index (χ1v) is 8.17. The van der Waals surface area contributed by atoms with Gasteiger partial charge in [0.25, 0.3) is 0 Å². The van der Waals surface area contributed by atoms with E-state index in [2.05, 4.69) is 25.7 Å². The van der Waals surface area contributed by atoms with Gasteiger partial charge in [-0.3, -0.25) is 9.63 Å². The molecule has 4 N–H and O–H groups in total. The molecule has 20 heavy (non-hydrogen) atoms. The molecule has 0 atom stereocenters. The average Bonchev–Trinajstić information content (AvgIpc) is 2.47. The van der Waals surface area contributed by atoms with Gasteiger partial charge >= 0.3 is 6.01 Å². The molecule has 0 aliphatic carbocycles. The van der Waals surface area contributed by atoms with E-state index in [0.717, 1.165) is 19.3 Å². The number of nitrogens with two attached hydrogens (primary N) is 1. The van der Waals surface area contributed by atoms with Crippen molar-refractivity contribution >= 4 is 22.7 Å². The van der Waals surface area contributed by atoms with Crippen LogP contribution >= 0.6 is 0 Å². The molecular formula is C11H20N6O2S. The smallest absolute Gasteiger partial charge is 0.323 e. The lowest BCUT2D eigenvalue weighted by molar-refractivity contribution is 0.292. The Kier molecular flexibility index (Phi) is 5.48. The van der Waals surface area contributed by atoms with Crippen molar-refractivity contribution in [2.24, 2.45) is 5.84 Å². The summed E-state index contributed by atoms with van der Waals surface area (Å²) in [4.78, 5) is 12.4. The van der Waals surface area contributed by atoms with E-state index in [1.165, 1.54) is 0 Å². The zero-order chi connectivity index (χ0) is 14.4. The van der Waals surface area contributed by atoms with Crippen molar-refractivity contribution in [2.75, 3.05) is 28.9 Å². The van der Waals surface area contributed by atoms with Crippen molar-refractivity contribution in [3.05, 3.63) is 0 Å². The fourth-order valence-corrected chi connectivity index (χ4v) is 3.16. The second-order valence-corrected chi connectivity index (χ2v) is 6.22. The summed E-state index contributed by atoms with van der Waals surface area (Å²) in [6, 6.07) is 0.469. The quantitative estimate of drug-likeness (QED) is 0.506. The molecule has 0 radical (unpaired) electrons. The summed E-state index contributed by atoms with van der Waals surface area (Å²) in [6.07, 6.45) is 2.55. The van der Waals surface area contributed by atoms with Gasteiger partial charge in [0, 0.05) is 28.3 Å². The Bertz CT molecular complexity index is 462. The third-order valence-corrected chi connectivity index (χ3v) is 4.28. The van der Waals surface area contributed by atoms with Crippen molar-refractivity contribution in [1.29, 1.82) is 0 Å². The molecule has 1 fully saturated rings. The number of hydrazine groups is 1. The molecule has 1 aliphatic heterocycles. The second-order valence-electron chi connectivity index (χ2n) is 4.52. The average molecular weight is 300 g/mol. The molecule has 0 aromatic carbocycles. The Morgan fingerprint density at radius 1 is 1.30 bits per heavy atom. The molecular weight excluding hydrogens is 280 g/mol. The van der Waals surface area contributed by atoms with E-state index in [-0.39, 0.29) is 18.0 Å². The number of nitrogens with one attached hydrogen (secondary N) is 2. The zero-order valence-corrected chi connectivity index (χ0v) is 12.3. The van der Waals surface area contributed by atoms with Gasteiger partial charge in [0.1, 0.15) is 0 Å². The first kappa shape index (κ1) is 14.9. The van der Waals surface area contributed by atoms with Crippen LogP contribution in [-0.2, 0) is 10.8 Å². The summed E-state index contributed by atoms with van der Waals surface area (Å²) < 4.78 is 16.7. The van der Waals surface area contributed by atoms with Crippen LogP contribution in [-0.4, -0.2) is 43.3 Å². The minimum atomic E-state index is -0.684. The summed E-state index contributed by atoms with van der Waals surface area (Å²) in [6.45, 7) is 2.54. The predicted molar refractivity (Wildman–Crippen MR) is 77.9 cm³/mol. The number of aromatic nitrogens is 3. The molecule has 9 heteroatoms. The van der Waals surface area contributed by atoms with Crippen LogP contribution in [0.15, 0.2) is 0 Å². The largest absolute Gasteiger partial charge is 0.463 e. The van der Waals surface area contributed by atoms with Crippen LogP contribution in [0, 0.1) is 0 Å². The number of nitrogen functional groups attached to an aromatic ring is 1. The molecule has 1 aromatic rings. The van der Waals surface area contributed by atoms with E-state index in [0.29, 0.717) is 24.1 Å². The van der Waals surface area contributed by atoms with E-state index in [4.69, 9.17) is 10.6 Å². The van der Waals surface area contributed by atoms with Gasteiger partial charge in [-0.1, -0.05) is 6.92 Å². The molecule has 2 heterocycles. The van der Waals surface area contributed by atoms with Gasteiger partial charge in [0.15, 0.2) is 0 Å². The predicted octanol–water partition coefficient (Wildman–Crippen LogP) is 0.269. The van der Waals surface area contributed by atoms with Crippen LogP contribution in [0.2, 0.25) is 0 Å². The fraction of sp³-hybridized carbons (Fsp3) is 0.727. The van der Waals surface area contributed by atoms with Crippen molar-refractivity contribution < 1.29 is 8.95 Å². The van der Waals surface area contributed by atoms with Gasteiger partial charge < -0.3 is 10.1 Å². The van der Waals surface area contributed by atoms with Crippen LogP contribution in [0.25, 0.3) is 0 Å².